The van der Waals surface area contributed by atoms with Gasteiger partial charge in [-0.25, -0.2) is 0 Å². The first kappa shape index (κ1) is 82.2. The SMILES string of the molecule is CC(=O)c1ccc(OCCCN2CCC(C)CC2)cc1.CC(=O)c1ccc(OCCCN2C[C@@H](C)C[C@H](C)C2)cc1.CC(=O)c1ccc(OCCCN2C[C@H](C)C[C@H](C)C2)cc1.CCC(=O)c1ccc(OCCCN2CCCCC2)cc1.O=Cc1ccc(OCCCN2CCCCC2)cc1. The number of carbonyl (C=O) groups excluding carboxylic acids is 5. The second-order valence-corrected chi connectivity index (χ2v) is 29.0. The predicted molar refractivity (Wildman–Crippen MR) is 407 cm³/mol. The van der Waals surface area contributed by atoms with Gasteiger partial charge in [-0.15, -0.1) is 0 Å². The topological polar surface area (TPSA) is 148 Å². The third kappa shape index (κ3) is 33.8. The molecule has 0 saturated carbocycles. The molecule has 5 aliphatic rings. The van der Waals surface area contributed by atoms with Gasteiger partial charge in [0.1, 0.15) is 35.0 Å². The van der Waals surface area contributed by atoms with Crippen LogP contribution in [-0.4, -0.2) is 185 Å². The molecule has 0 unspecified atom stereocenters. The molecular weight excluding hydrogens is 1250 g/mol. The summed E-state index contributed by atoms with van der Waals surface area (Å²) in [5.41, 5.74) is 3.67. The molecule has 100 heavy (non-hydrogen) atoms. The van der Waals surface area contributed by atoms with Crippen molar-refractivity contribution in [2.75, 3.05) is 131 Å². The van der Waals surface area contributed by atoms with Crippen LogP contribution in [0.2, 0.25) is 0 Å². The minimum Gasteiger partial charge on any atom is -0.494 e. The van der Waals surface area contributed by atoms with E-state index in [4.69, 9.17) is 23.7 Å². The quantitative estimate of drug-likeness (QED) is 0.0235. The molecular formula is C85H125N5O10. The highest BCUT2D eigenvalue weighted by Crippen LogP contribution is 2.24. The highest BCUT2D eigenvalue weighted by Gasteiger charge is 2.23. The van der Waals surface area contributed by atoms with Crippen molar-refractivity contribution in [1.82, 2.24) is 24.5 Å². The molecule has 15 nitrogen and oxygen atoms in total. The summed E-state index contributed by atoms with van der Waals surface area (Å²) in [7, 11) is 0. The summed E-state index contributed by atoms with van der Waals surface area (Å²) < 4.78 is 28.6. The largest absolute Gasteiger partial charge is 0.494 e. The van der Waals surface area contributed by atoms with Gasteiger partial charge in [0.05, 0.1) is 33.0 Å². The van der Waals surface area contributed by atoms with Gasteiger partial charge in [-0.05, 0) is 294 Å². The monoisotopic (exact) mass is 1380 g/mol. The Labute approximate surface area is 602 Å². The van der Waals surface area contributed by atoms with E-state index in [1.165, 1.54) is 130 Å². The number of nitrogens with zero attached hydrogens (tertiary/aromatic N) is 5. The van der Waals surface area contributed by atoms with E-state index in [2.05, 4.69) is 59.1 Å². The Balaban J connectivity index is 0.000000197. The minimum atomic E-state index is 0.0925. The van der Waals surface area contributed by atoms with Gasteiger partial charge in [0.15, 0.2) is 23.1 Å². The molecule has 0 N–H and O–H groups in total. The van der Waals surface area contributed by atoms with Crippen LogP contribution in [0.1, 0.15) is 217 Å². The maximum Gasteiger partial charge on any atom is 0.162 e. The van der Waals surface area contributed by atoms with Crippen molar-refractivity contribution in [1.29, 1.82) is 0 Å². The van der Waals surface area contributed by atoms with E-state index in [1.54, 1.807) is 32.9 Å². The van der Waals surface area contributed by atoms with Gasteiger partial charge in [-0.3, -0.25) is 24.0 Å². The third-order valence-corrected chi connectivity index (χ3v) is 19.4. The van der Waals surface area contributed by atoms with Crippen LogP contribution in [0.3, 0.4) is 0 Å². The average Bonchev–Trinajstić information content (AvgIpc) is 1.25. The number of hydrogen-bond acceptors (Lipinski definition) is 15. The smallest absolute Gasteiger partial charge is 0.162 e. The maximum atomic E-state index is 11.5. The first-order chi connectivity index (χ1) is 48.4. The zero-order valence-corrected chi connectivity index (χ0v) is 62.8. The van der Waals surface area contributed by atoms with Crippen LogP contribution in [0.25, 0.3) is 0 Å². The fourth-order valence-corrected chi connectivity index (χ4v) is 13.9. The van der Waals surface area contributed by atoms with E-state index in [0.717, 1.165) is 185 Å². The van der Waals surface area contributed by atoms with Crippen LogP contribution in [0.5, 0.6) is 28.7 Å². The van der Waals surface area contributed by atoms with E-state index in [1.807, 2.05) is 116 Å². The standard InChI is InChI=1S/2C18H27NO2.2C17H25NO2.C15H21NO2/c2*1-14-11-15(2)13-19(12-14)9-4-10-21-18-7-5-17(6-8-18)16(3)20;1-14-8-11-18(12-9-14)10-3-13-20-17-6-4-16(5-7-17)15(2)19;1-2-17(19)15-7-9-16(10-8-15)20-14-6-13-18-11-4-3-5-12-18;17-13-14-5-7-15(8-6-14)18-12-4-11-16-9-2-1-3-10-16/h2*5-8,14-15H,4,9-13H2,1-3H3;4-7,14H,3,8-13H2,1-2H3;7-10H,2-6,11-14H2,1H3;5-8,13H,1-4,9-12H2/t14-,15+;14-,15-;;;/m.0.../s1. The zero-order valence-electron chi connectivity index (χ0n) is 62.8. The molecule has 0 aromatic heterocycles. The summed E-state index contributed by atoms with van der Waals surface area (Å²) >= 11 is 0. The van der Waals surface area contributed by atoms with Crippen molar-refractivity contribution in [2.45, 2.75) is 165 Å². The van der Waals surface area contributed by atoms with Crippen LogP contribution in [-0.2, 0) is 0 Å². The maximum absolute atomic E-state index is 11.5. The fraction of sp³-hybridized carbons (Fsp3) is 0.588. The van der Waals surface area contributed by atoms with Gasteiger partial charge in [-0.1, -0.05) is 54.4 Å². The number of hydrogen-bond donors (Lipinski definition) is 0. The Hall–Kier alpha value is -6.75. The first-order valence-electron chi connectivity index (χ1n) is 38.2. The molecule has 5 saturated heterocycles. The molecule has 5 fully saturated rings. The first-order valence-corrected chi connectivity index (χ1v) is 38.2. The average molecular weight is 1380 g/mol. The lowest BCUT2D eigenvalue weighted by molar-refractivity contribution is 0.0983. The highest BCUT2D eigenvalue weighted by atomic mass is 16.5. The summed E-state index contributed by atoms with van der Waals surface area (Å²) in [6, 6.07) is 37.0. The number of rotatable bonds is 31. The summed E-state index contributed by atoms with van der Waals surface area (Å²) in [6.45, 7) is 40.0. The summed E-state index contributed by atoms with van der Waals surface area (Å²) in [5, 5.41) is 0. The molecule has 5 heterocycles. The van der Waals surface area contributed by atoms with Gasteiger partial charge < -0.3 is 48.2 Å². The number of likely N-dealkylation sites (tertiary alicyclic amines) is 5. The van der Waals surface area contributed by atoms with E-state index < -0.39 is 0 Å². The Bertz CT molecular complexity index is 2940. The molecule has 5 aromatic carbocycles. The summed E-state index contributed by atoms with van der Waals surface area (Å²) in [4.78, 5) is 68.3. The molecule has 0 spiro atoms. The fourth-order valence-electron chi connectivity index (χ4n) is 13.9. The van der Waals surface area contributed by atoms with Gasteiger partial charge in [-0.2, -0.15) is 0 Å². The second kappa shape index (κ2) is 47.4. The van der Waals surface area contributed by atoms with E-state index in [-0.39, 0.29) is 23.1 Å². The van der Waals surface area contributed by atoms with Crippen molar-refractivity contribution < 1.29 is 47.7 Å². The predicted octanol–water partition coefficient (Wildman–Crippen LogP) is 16.9. The molecule has 4 atom stereocenters. The lowest BCUT2D eigenvalue weighted by atomic mass is 9.92. The molecule has 0 radical (unpaired) electrons. The number of aldehydes is 1. The van der Waals surface area contributed by atoms with Crippen molar-refractivity contribution in [3.05, 3.63) is 149 Å². The lowest BCUT2D eigenvalue weighted by Crippen LogP contribution is -2.39. The van der Waals surface area contributed by atoms with E-state index in [0.29, 0.717) is 12.0 Å². The zero-order chi connectivity index (χ0) is 71.7. The van der Waals surface area contributed by atoms with Gasteiger partial charge >= 0.3 is 0 Å². The van der Waals surface area contributed by atoms with Gasteiger partial charge in [0, 0.05) is 93.1 Å². The van der Waals surface area contributed by atoms with Crippen molar-refractivity contribution in [3.63, 3.8) is 0 Å². The van der Waals surface area contributed by atoms with Crippen molar-refractivity contribution in [3.8, 4) is 28.7 Å². The van der Waals surface area contributed by atoms with Gasteiger partial charge in [0.25, 0.3) is 0 Å². The summed E-state index contributed by atoms with van der Waals surface area (Å²) in [6.07, 6.45) is 20.2. The Morgan fingerprint density at radius 2 is 0.610 bits per heavy atom. The lowest BCUT2D eigenvalue weighted by Gasteiger charge is -2.34. The number of piperidine rings is 5. The highest BCUT2D eigenvalue weighted by molar-refractivity contribution is 5.96. The molecule has 0 bridgehead atoms. The normalized spacial score (nSPS) is 19.2. The molecule has 0 aliphatic carbocycles. The van der Waals surface area contributed by atoms with Crippen LogP contribution < -0.4 is 23.7 Å². The molecule has 0 amide bonds. The molecule has 10 rings (SSSR count). The Morgan fingerprint density at radius 1 is 0.350 bits per heavy atom. The Morgan fingerprint density at radius 3 is 0.880 bits per heavy atom. The number of ether oxygens (including phenoxy) is 5. The van der Waals surface area contributed by atoms with Crippen LogP contribution >= 0.6 is 0 Å². The number of Topliss-reactive ketones (excluding diaryl/α,β-unsaturated/α-hetero) is 4. The molecule has 5 aromatic rings. The minimum absolute atomic E-state index is 0.0925. The number of ketones is 4. The molecule has 550 valence electrons. The van der Waals surface area contributed by atoms with Crippen molar-refractivity contribution >= 4 is 29.4 Å². The van der Waals surface area contributed by atoms with E-state index in [9.17, 15) is 24.0 Å². The van der Waals surface area contributed by atoms with Gasteiger partial charge in [0.2, 0.25) is 0 Å². The van der Waals surface area contributed by atoms with Crippen LogP contribution in [0.15, 0.2) is 121 Å². The third-order valence-electron chi connectivity index (χ3n) is 19.4. The molecule has 15 heteroatoms. The molecule has 5 aliphatic heterocycles. The second-order valence-electron chi connectivity index (χ2n) is 29.0. The van der Waals surface area contributed by atoms with E-state index >= 15 is 0 Å². The van der Waals surface area contributed by atoms with Crippen LogP contribution in [0, 0.1) is 29.6 Å². The number of carbonyl (C=O) groups is 5. The summed E-state index contributed by atoms with van der Waals surface area (Å²) in [5.74, 6) is 8.85. The number of benzene rings is 5. The van der Waals surface area contributed by atoms with Crippen molar-refractivity contribution in [2.24, 2.45) is 29.6 Å². The van der Waals surface area contributed by atoms with Crippen LogP contribution in [0.4, 0.5) is 0 Å². The Kier molecular flexibility index (Phi) is 39.0.